The Hall–Kier alpha value is -1.14. The first kappa shape index (κ1) is 14.3. The van der Waals surface area contributed by atoms with E-state index >= 15 is 4.39 Å². The number of ether oxygens (including phenoxy) is 2. The van der Waals surface area contributed by atoms with Crippen molar-refractivity contribution in [3.05, 3.63) is 11.9 Å². The molecule has 1 aromatic rings. The number of nitrogens with one attached hydrogen (secondary N) is 1. The third-order valence-electron chi connectivity index (χ3n) is 3.45. The van der Waals surface area contributed by atoms with Crippen molar-refractivity contribution < 1.29 is 13.9 Å². The van der Waals surface area contributed by atoms with Gasteiger partial charge in [0.2, 0.25) is 0 Å². The quantitative estimate of drug-likeness (QED) is 0.881. The second-order valence-electron chi connectivity index (χ2n) is 5.00. The molecule has 0 radical (unpaired) electrons. The van der Waals surface area contributed by atoms with E-state index in [9.17, 15) is 0 Å². The molecule has 0 saturated carbocycles. The molecule has 1 N–H and O–H groups in total. The van der Waals surface area contributed by atoms with Crippen molar-refractivity contribution in [2.45, 2.75) is 38.5 Å². The van der Waals surface area contributed by atoms with Crippen molar-refractivity contribution in [3.8, 4) is 5.75 Å². The van der Waals surface area contributed by atoms with E-state index < -0.39 is 5.67 Å². The summed E-state index contributed by atoms with van der Waals surface area (Å²) in [5.41, 5.74) is -0.999. The highest BCUT2D eigenvalue weighted by Gasteiger charge is 2.36. The highest BCUT2D eigenvalue weighted by Crippen LogP contribution is 2.37. The van der Waals surface area contributed by atoms with Crippen molar-refractivity contribution in [1.29, 1.82) is 0 Å². The molecule has 0 aromatic carbocycles. The second-order valence-corrected chi connectivity index (χ2v) is 5.00. The van der Waals surface area contributed by atoms with Crippen LogP contribution in [0.5, 0.6) is 5.75 Å². The molecule has 1 fully saturated rings. The van der Waals surface area contributed by atoms with E-state index in [4.69, 9.17) is 9.47 Å². The number of nitrogens with zero attached hydrogens (tertiary/aromatic N) is 2. The molecule has 0 amide bonds. The minimum atomic E-state index is -1.50. The van der Waals surface area contributed by atoms with Crippen molar-refractivity contribution in [3.63, 3.8) is 0 Å². The second kappa shape index (κ2) is 5.88. The number of alkyl halides is 1. The number of methoxy groups -OCH3 is 1. The molecule has 5 nitrogen and oxygen atoms in total. The van der Waals surface area contributed by atoms with Crippen LogP contribution in [0.4, 0.5) is 4.39 Å². The molecule has 2 unspecified atom stereocenters. The zero-order valence-corrected chi connectivity index (χ0v) is 11.8. The van der Waals surface area contributed by atoms with Crippen LogP contribution < -0.4 is 10.1 Å². The third kappa shape index (κ3) is 3.06. The fourth-order valence-electron chi connectivity index (χ4n) is 2.59. The van der Waals surface area contributed by atoms with E-state index in [1.165, 1.54) is 0 Å². The van der Waals surface area contributed by atoms with Crippen LogP contribution in [0.1, 0.15) is 26.0 Å². The number of hydrogen-bond donors (Lipinski definition) is 1. The fraction of sp³-hybridized carbons (Fsp3) is 0.769. The van der Waals surface area contributed by atoms with Gasteiger partial charge in [0.15, 0.2) is 11.4 Å². The Kier molecular flexibility index (Phi) is 4.42. The van der Waals surface area contributed by atoms with E-state index in [0.29, 0.717) is 37.6 Å². The first-order valence-corrected chi connectivity index (χ1v) is 6.68. The van der Waals surface area contributed by atoms with Gasteiger partial charge in [0.05, 0.1) is 26.5 Å². The summed E-state index contributed by atoms with van der Waals surface area (Å²) in [6.45, 7) is 6.14. The average Bonchev–Trinajstić information content (AvgIpc) is 2.83. The van der Waals surface area contributed by atoms with Gasteiger partial charge in [-0.2, -0.15) is 5.10 Å². The van der Waals surface area contributed by atoms with Gasteiger partial charge in [0, 0.05) is 25.6 Å². The van der Waals surface area contributed by atoms with Crippen LogP contribution in [0.25, 0.3) is 0 Å². The molecule has 0 bridgehead atoms. The van der Waals surface area contributed by atoms with Crippen LogP contribution in [0, 0.1) is 0 Å². The molecular weight excluding hydrogens is 249 g/mol. The van der Waals surface area contributed by atoms with E-state index in [1.54, 1.807) is 24.9 Å². The highest BCUT2D eigenvalue weighted by molar-refractivity contribution is 5.30. The molecule has 1 saturated heterocycles. The summed E-state index contributed by atoms with van der Waals surface area (Å²) in [6.07, 6.45) is 1.91. The average molecular weight is 271 g/mol. The van der Waals surface area contributed by atoms with Gasteiger partial charge in [0.1, 0.15) is 5.69 Å². The minimum absolute atomic E-state index is 0.0219. The monoisotopic (exact) mass is 271 g/mol. The van der Waals surface area contributed by atoms with Crippen LogP contribution in [0.15, 0.2) is 6.20 Å². The Labute approximate surface area is 113 Å². The molecule has 1 aliphatic rings. The van der Waals surface area contributed by atoms with Crippen LogP contribution in [0.3, 0.4) is 0 Å². The lowest BCUT2D eigenvalue weighted by atomic mass is 9.94. The van der Waals surface area contributed by atoms with Crippen molar-refractivity contribution in [1.82, 2.24) is 15.1 Å². The lowest BCUT2D eigenvalue weighted by molar-refractivity contribution is 0.0442. The summed E-state index contributed by atoms with van der Waals surface area (Å²) in [4.78, 5) is 0. The Morgan fingerprint density at radius 1 is 1.68 bits per heavy atom. The Morgan fingerprint density at radius 2 is 2.47 bits per heavy atom. The maximum absolute atomic E-state index is 15.1. The van der Waals surface area contributed by atoms with Crippen molar-refractivity contribution >= 4 is 0 Å². The normalized spacial score (nSPS) is 23.1. The molecule has 108 valence electrons. The van der Waals surface area contributed by atoms with Crippen LogP contribution in [0.2, 0.25) is 0 Å². The first-order chi connectivity index (χ1) is 9.08. The van der Waals surface area contributed by atoms with Gasteiger partial charge in [0.25, 0.3) is 0 Å². The Balaban J connectivity index is 2.19. The van der Waals surface area contributed by atoms with Crippen LogP contribution in [-0.2, 0) is 17.0 Å². The lowest BCUT2D eigenvalue weighted by Gasteiger charge is -2.30. The molecule has 0 spiro atoms. The van der Waals surface area contributed by atoms with Gasteiger partial charge in [-0.15, -0.1) is 0 Å². The molecular formula is C13H22FN3O2. The highest BCUT2D eigenvalue weighted by atomic mass is 19.1. The minimum Gasteiger partial charge on any atom is -0.493 e. The molecule has 6 heteroatoms. The predicted octanol–water partition coefficient (Wildman–Crippen LogP) is 1.47. The summed E-state index contributed by atoms with van der Waals surface area (Å²) >= 11 is 0. The predicted molar refractivity (Wildman–Crippen MR) is 70.1 cm³/mol. The molecule has 2 atom stereocenters. The Bertz CT molecular complexity index is 393. The molecule has 2 rings (SSSR count). The molecule has 19 heavy (non-hydrogen) atoms. The zero-order valence-electron chi connectivity index (χ0n) is 11.8. The third-order valence-corrected chi connectivity index (χ3v) is 3.45. The van der Waals surface area contributed by atoms with Crippen molar-refractivity contribution in [2.24, 2.45) is 0 Å². The number of aryl methyl sites for hydroxylation is 1. The summed E-state index contributed by atoms with van der Waals surface area (Å²) in [5.74, 6) is 0.503. The molecule has 1 aliphatic heterocycles. The first-order valence-electron chi connectivity index (χ1n) is 6.68. The summed E-state index contributed by atoms with van der Waals surface area (Å²) in [7, 11) is 1.54. The number of rotatable bonds is 5. The van der Waals surface area contributed by atoms with E-state index in [2.05, 4.69) is 10.4 Å². The standard InChI is InChI=1S/C13H22FN3O2/c1-4-17-12(11(18-3)8-16-17)13(2,14)7-10-9-19-6-5-15-10/h8,10,15H,4-7,9H2,1-3H3. The van der Waals surface area contributed by atoms with E-state index in [1.807, 2.05) is 6.92 Å². The SMILES string of the molecule is CCn1ncc(OC)c1C(C)(F)CC1COCCN1. The number of aromatic nitrogens is 2. The van der Waals surface area contributed by atoms with E-state index in [-0.39, 0.29) is 6.04 Å². The number of morpholine rings is 1. The van der Waals surface area contributed by atoms with E-state index in [0.717, 1.165) is 6.54 Å². The lowest BCUT2D eigenvalue weighted by Crippen LogP contribution is -2.44. The fourth-order valence-corrected chi connectivity index (χ4v) is 2.59. The van der Waals surface area contributed by atoms with Gasteiger partial charge in [-0.1, -0.05) is 0 Å². The smallest absolute Gasteiger partial charge is 0.163 e. The van der Waals surface area contributed by atoms with Crippen LogP contribution in [-0.4, -0.2) is 42.7 Å². The topological polar surface area (TPSA) is 48.3 Å². The maximum atomic E-state index is 15.1. The molecule has 0 aliphatic carbocycles. The van der Waals surface area contributed by atoms with Crippen LogP contribution >= 0.6 is 0 Å². The zero-order chi connectivity index (χ0) is 13.9. The van der Waals surface area contributed by atoms with Gasteiger partial charge in [-0.05, 0) is 13.8 Å². The van der Waals surface area contributed by atoms with Crippen molar-refractivity contribution in [2.75, 3.05) is 26.9 Å². The number of halogens is 1. The van der Waals surface area contributed by atoms with Gasteiger partial charge in [-0.25, -0.2) is 4.39 Å². The largest absolute Gasteiger partial charge is 0.493 e. The number of hydrogen-bond acceptors (Lipinski definition) is 4. The maximum Gasteiger partial charge on any atom is 0.163 e. The van der Waals surface area contributed by atoms with Gasteiger partial charge in [-0.3, -0.25) is 4.68 Å². The van der Waals surface area contributed by atoms with Gasteiger partial charge >= 0.3 is 0 Å². The summed E-state index contributed by atoms with van der Waals surface area (Å²) in [6, 6.07) is 0.0219. The van der Waals surface area contributed by atoms with Gasteiger partial charge < -0.3 is 14.8 Å². The molecule has 2 heterocycles. The molecule has 1 aromatic heterocycles. The summed E-state index contributed by atoms with van der Waals surface area (Å²) < 4.78 is 27.4. The Morgan fingerprint density at radius 3 is 3.05 bits per heavy atom. The summed E-state index contributed by atoms with van der Waals surface area (Å²) in [5, 5.41) is 7.44.